The summed E-state index contributed by atoms with van der Waals surface area (Å²) in [6, 6.07) is -2.26. The first-order valence-corrected chi connectivity index (χ1v) is 4.48. The van der Waals surface area contributed by atoms with Crippen molar-refractivity contribution >= 4 is 17.8 Å². The molecule has 0 unspecified atom stereocenters. The number of carbonyl (C=O) groups excluding carboxylic acids is 2. The van der Waals surface area contributed by atoms with Gasteiger partial charge in [-0.3, -0.25) is 9.59 Å². The molecule has 0 radical (unpaired) electrons. The van der Waals surface area contributed by atoms with E-state index in [-0.39, 0.29) is 0 Å². The van der Waals surface area contributed by atoms with Crippen LogP contribution in [-0.2, 0) is 19.1 Å². The number of carboxylic acid groups (broad SMARTS) is 1. The van der Waals surface area contributed by atoms with Gasteiger partial charge in [0.1, 0.15) is 6.04 Å². The van der Waals surface area contributed by atoms with Crippen LogP contribution in [0.3, 0.4) is 0 Å². The average Bonchev–Trinajstić information content (AvgIpc) is 2.25. The third kappa shape index (κ3) is 4.34. The van der Waals surface area contributed by atoms with Gasteiger partial charge in [-0.25, -0.2) is 4.79 Å². The highest BCUT2D eigenvalue weighted by atomic mass is 19.4. The summed E-state index contributed by atoms with van der Waals surface area (Å²) >= 11 is 0. The van der Waals surface area contributed by atoms with Gasteiger partial charge in [0.15, 0.2) is 0 Å². The third-order valence-corrected chi connectivity index (χ3v) is 1.84. The molecule has 0 aliphatic carbocycles. The van der Waals surface area contributed by atoms with E-state index >= 15 is 0 Å². The molecule has 0 rings (SSSR count). The summed E-state index contributed by atoms with van der Waals surface area (Å²) in [4.78, 5) is 31.9. The lowest BCUT2D eigenvalue weighted by Gasteiger charge is -2.21. The van der Waals surface area contributed by atoms with Gasteiger partial charge in [-0.15, -0.1) is 0 Å². The number of hydrogen-bond donors (Lipinski definition) is 2. The predicted molar refractivity (Wildman–Crippen MR) is 47.2 cm³/mol. The lowest BCUT2D eigenvalue weighted by atomic mass is 10.2. The van der Waals surface area contributed by atoms with E-state index in [2.05, 4.69) is 4.74 Å². The summed E-state index contributed by atoms with van der Waals surface area (Å²) < 4.78 is 64.5. The number of amides is 1. The first-order valence-electron chi connectivity index (χ1n) is 4.48. The second-order valence-electron chi connectivity index (χ2n) is 3.22. The smallest absolute Gasteiger partial charge is 0.463 e. The Morgan fingerprint density at radius 2 is 1.68 bits per heavy atom. The molecule has 0 aromatic rings. The van der Waals surface area contributed by atoms with Crippen LogP contribution < -0.4 is 5.32 Å². The van der Waals surface area contributed by atoms with Crippen molar-refractivity contribution in [1.29, 1.82) is 0 Å². The molecule has 0 spiro atoms. The zero-order valence-electron chi connectivity index (χ0n) is 9.25. The van der Waals surface area contributed by atoms with Crippen LogP contribution in [0.2, 0.25) is 0 Å². The minimum atomic E-state index is -6.18. The SMILES string of the molecule is COC(=O)C[C@H](NC(=O)C(F)(F)C(F)(F)F)C(=O)O. The van der Waals surface area contributed by atoms with Crippen LogP contribution in [0.15, 0.2) is 0 Å². The fraction of sp³-hybridized carbons (Fsp3) is 0.625. The molecule has 110 valence electrons. The minimum Gasteiger partial charge on any atom is -0.480 e. The average molecular weight is 293 g/mol. The van der Waals surface area contributed by atoms with Gasteiger partial charge >= 0.3 is 29.9 Å². The molecule has 1 amide bonds. The lowest BCUT2D eigenvalue weighted by molar-refractivity contribution is -0.270. The summed E-state index contributed by atoms with van der Waals surface area (Å²) in [6.45, 7) is 0. The first kappa shape index (κ1) is 17.1. The van der Waals surface area contributed by atoms with Crippen molar-refractivity contribution in [3.8, 4) is 0 Å². The molecule has 0 bridgehead atoms. The molecule has 0 saturated heterocycles. The highest BCUT2D eigenvalue weighted by Crippen LogP contribution is 2.35. The first-order chi connectivity index (χ1) is 8.43. The van der Waals surface area contributed by atoms with Gasteiger partial charge in [0.2, 0.25) is 0 Å². The molecule has 11 heteroatoms. The number of aliphatic carboxylic acids is 1. The van der Waals surface area contributed by atoms with E-state index in [1.165, 1.54) is 0 Å². The molecule has 0 saturated carbocycles. The number of hydrogen-bond acceptors (Lipinski definition) is 4. The van der Waals surface area contributed by atoms with Gasteiger partial charge in [0.05, 0.1) is 13.5 Å². The fourth-order valence-electron chi connectivity index (χ4n) is 0.828. The number of carbonyl (C=O) groups is 3. The van der Waals surface area contributed by atoms with Gasteiger partial charge in [-0.05, 0) is 0 Å². The van der Waals surface area contributed by atoms with Gasteiger partial charge in [-0.1, -0.05) is 0 Å². The standard InChI is InChI=1S/C8H8F5NO5/c1-19-4(15)2-3(5(16)17)14-6(18)7(9,10)8(11,12)13/h3H,2H2,1H3,(H,14,18)(H,16,17)/t3-/m0/s1. The highest BCUT2D eigenvalue weighted by Gasteiger charge is 2.63. The molecular weight excluding hydrogens is 285 g/mol. The van der Waals surface area contributed by atoms with E-state index in [9.17, 15) is 36.3 Å². The molecule has 1 atom stereocenters. The maximum absolute atomic E-state index is 12.5. The molecule has 6 nitrogen and oxygen atoms in total. The van der Waals surface area contributed by atoms with Gasteiger partial charge in [0, 0.05) is 0 Å². The summed E-state index contributed by atoms with van der Waals surface area (Å²) in [6.07, 6.45) is -7.27. The third-order valence-electron chi connectivity index (χ3n) is 1.84. The second-order valence-corrected chi connectivity index (χ2v) is 3.22. The summed E-state index contributed by atoms with van der Waals surface area (Å²) in [7, 11) is 0.841. The molecule has 0 aliphatic rings. The Morgan fingerprint density at radius 1 is 1.21 bits per heavy atom. The Kier molecular flexibility index (Phi) is 5.21. The number of rotatable bonds is 5. The zero-order chi connectivity index (χ0) is 15.4. The molecule has 0 aromatic heterocycles. The number of carboxylic acids is 1. The monoisotopic (exact) mass is 293 g/mol. The van der Waals surface area contributed by atoms with Crippen molar-refractivity contribution in [1.82, 2.24) is 5.32 Å². The van der Waals surface area contributed by atoms with Crippen LogP contribution in [0.5, 0.6) is 0 Å². The maximum Gasteiger partial charge on any atom is 0.463 e. The van der Waals surface area contributed by atoms with Crippen molar-refractivity contribution in [2.75, 3.05) is 7.11 Å². The normalized spacial score (nSPS) is 13.6. The molecular formula is C8H8F5NO5. The maximum atomic E-state index is 12.5. The highest BCUT2D eigenvalue weighted by molar-refractivity contribution is 5.90. The Bertz CT molecular complexity index is 380. The van der Waals surface area contributed by atoms with E-state index in [0.29, 0.717) is 0 Å². The van der Waals surface area contributed by atoms with Crippen LogP contribution in [0.1, 0.15) is 6.42 Å². The number of methoxy groups -OCH3 is 1. The Morgan fingerprint density at radius 3 is 2.00 bits per heavy atom. The van der Waals surface area contributed by atoms with E-state index < -0.39 is 42.4 Å². The number of ether oxygens (including phenoxy) is 1. The van der Waals surface area contributed by atoms with E-state index in [0.717, 1.165) is 12.4 Å². The van der Waals surface area contributed by atoms with Gasteiger partial charge < -0.3 is 15.2 Å². The molecule has 2 N–H and O–H groups in total. The van der Waals surface area contributed by atoms with E-state index in [1.807, 2.05) is 0 Å². The quantitative estimate of drug-likeness (QED) is 0.562. The largest absolute Gasteiger partial charge is 0.480 e. The lowest BCUT2D eigenvalue weighted by Crippen LogP contribution is -2.55. The topological polar surface area (TPSA) is 92.7 Å². The minimum absolute atomic E-state index is 0.841. The van der Waals surface area contributed by atoms with Gasteiger partial charge in [-0.2, -0.15) is 22.0 Å². The molecule has 0 heterocycles. The van der Waals surface area contributed by atoms with Crippen LogP contribution in [0.4, 0.5) is 22.0 Å². The van der Waals surface area contributed by atoms with Crippen molar-refractivity contribution in [3.63, 3.8) is 0 Å². The Balaban J connectivity index is 4.93. The van der Waals surface area contributed by atoms with Gasteiger partial charge in [0.25, 0.3) is 0 Å². The van der Waals surface area contributed by atoms with E-state index in [1.54, 1.807) is 0 Å². The van der Waals surface area contributed by atoms with Crippen LogP contribution in [-0.4, -0.2) is 48.2 Å². The molecule has 0 aromatic carbocycles. The molecule has 0 fully saturated rings. The Labute approximate surface area is 102 Å². The van der Waals surface area contributed by atoms with E-state index in [4.69, 9.17) is 5.11 Å². The van der Waals surface area contributed by atoms with Crippen molar-refractivity contribution in [2.24, 2.45) is 0 Å². The van der Waals surface area contributed by atoms with Crippen molar-refractivity contribution < 1.29 is 46.2 Å². The molecule has 19 heavy (non-hydrogen) atoms. The van der Waals surface area contributed by atoms with Crippen LogP contribution in [0.25, 0.3) is 0 Å². The van der Waals surface area contributed by atoms with Crippen molar-refractivity contribution in [3.05, 3.63) is 0 Å². The number of esters is 1. The summed E-state index contributed by atoms with van der Waals surface area (Å²) in [5.74, 6) is -11.8. The predicted octanol–water partition coefficient (Wildman–Crippen LogP) is 0.316. The number of halogens is 5. The Hall–Kier alpha value is -1.94. The van der Waals surface area contributed by atoms with Crippen LogP contribution in [0, 0.1) is 0 Å². The zero-order valence-corrected chi connectivity index (χ0v) is 9.25. The summed E-state index contributed by atoms with van der Waals surface area (Å²) in [5.41, 5.74) is 0. The van der Waals surface area contributed by atoms with Crippen LogP contribution >= 0.6 is 0 Å². The summed E-state index contributed by atoms with van der Waals surface area (Å²) in [5, 5.41) is 9.41. The van der Waals surface area contributed by atoms with Crippen molar-refractivity contribution in [2.45, 2.75) is 24.6 Å². The fourth-order valence-corrected chi connectivity index (χ4v) is 0.828. The number of nitrogens with one attached hydrogen (secondary N) is 1. The number of alkyl halides is 5. The molecule has 0 aliphatic heterocycles. The second kappa shape index (κ2) is 5.80.